The number of halogens is 2. The molecular formula is C6H12Cl2N2O. The molecule has 3 nitrogen and oxygen atoms in total. The van der Waals surface area contributed by atoms with E-state index in [2.05, 4.69) is 4.98 Å². The van der Waals surface area contributed by atoms with Gasteiger partial charge in [-0.1, -0.05) is 6.92 Å². The van der Waals surface area contributed by atoms with Gasteiger partial charge in [-0.2, -0.15) is 0 Å². The van der Waals surface area contributed by atoms with Crippen LogP contribution in [0.1, 0.15) is 25.1 Å². The van der Waals surface area contributed by atoms with Crippen LogP contribution in [0.25, 0.3) is 0 Å². The van der Waals surface area contributed by atoms with E-state index in [0.717, 1.165) is 12.2 Å². The first-order valence-electron chi connectivity index (χ1n) is 2.98. The summed E-state index contributed by atoms with van der Waals surface area (Å²) in [6.45, 7) is 2.01. The second-order valence-electron chi connectivity index (χ2n) is 1.92. The van der Waals surface area contributed by atoms with Gasteiger partial charge in [0.1, 0.15) is 5.76 Å². The lowest BCUT2D eigenvalue weighted by molar-refractivity contribution is 0.457. The molecule has 11 heavy (non-hydrogen) atoms. The second-order valence-corrected chi connectivity index (χ2v) is 1.92. The molecule has 5 heteroatoms. The van der Waals surface area contributed by atoms with Crippen LogP contribution in [0.3, 0.4) is 0 Å². The Morgan fingerprint density at radius 3 is 2.64 bits per heavy atom. The fraction of sp³-hybridized carbons (Fsp3) is 0.500. The summed E-state index contributed by atoms with van der Waals surface area (Å²) in [4.78, 5) is 3.74. The Balaban J connectivity index is 0. The van der Waals surface area contributed by atoms with Crippen LogP contribution in [-0.2, 0) is 0 Å². The predicted octanol–water partition coefficient (Wildman–Crippen LogP) is 1.93. The zero-order valence-corrected chi connectivity index (χ0v) is 7.82. The smallest absolute Gasteiger partial charge is 0.180 e. The van der Waals surface area contributed by atoms with Crippen molar-refractivity contribution >= 4 is 24.8 Å². The Kier molecular flexibility index (Phi) is 7.84. The van der Waals surface area contributed by atoms with Gasteiger partial charge in [-0.15, -0.1) is 24.8 Å². The van der Waals surface area contributed by atoms with Crippen molar-refractivity contribution in [3.8, 4) is 0 Å². The fourth-order valence-corrected chi connectivity index (χ4v) is 0.610. The van der Waals surface area contributed by atoms with Gasteiger partial charge in [-0.3, -0.25) is 0 Å². The molecule has 1 rings (SSSR count). The summed E-state index contributed by atoms with van der Waals surface area (Å²) in [5.41, 5.74) is 5.60. The van der Waals surface area contributed by atoms with Crippen LogP contribution in [0.2, 0.25) is 0 Å². The van der Waals surface area contributed by atoms with Crippen molar-refractivity contribution < 1.29 is 4.42 Å². The maximum atomic E-state index is 5.60. The van der Waals surface area contributed by atoms with Crippen molar-refractivity contribution in [1.29, 1.82) is 0 Å². The predicted molar refractivity (Wildman–Crippen MR) is 48.2 cm³/mol. The summed E-state index contributed by atoms with van der Waals surface area (Å²) >= 11 is 0. The summed E-state index contributed by atoms with van der Waals surface area (Å²) in [6.07, 6.45) is 3.92. The van der Waals surface area contributed by atoms with Crippen LogP contribution in [0.15, 0.2) is 17.0 Å². The molecule has 0 bridgehead atoms. The van der Waals surface area contributed by atoms with Gasteiger partial charge < -0.3 is 10.2 Å². The van der Waals surface area contributed by atoms with E-state index in [0.29, 0.717) is 0 Å². The largest absolute Gasteiger partial charge is 0.447 e. The lowest BCUT2D eigenvalue weighted by Gasteiger charge is -2.00. The van der Waals surface area contributed by atoms with Crippen LogP contribution in [0.5, 0.6) is 0 Å². The van der Waals surface area contributed by atoms with E-state index < -0.39 is 0 Å². The third-order valence-corrected chi connectivity index (χ3v) is 1.26. The van der Waals surface area contributed by atoms with Gasteiger partial charge in [0.15, 0.2) is 6.39 Å². The number of rotatable bonds is 2. The van der Waals surface area contributed by atoms with Gasteiger partial charge in [0.2, 0.25) is 0 Å². The van der Waals surface area contributed by atoms with Gasteiger partial charge in [0.05, 0.1) is 12.2 Å². The highest BCUT2D eigenvalue weighted by molar-refractivity contribution is 5.85. The van der Waals surface area contributed by atoms with E-state index in [1.165, 1.54) is 6.39 Å². The number of aromatic nitrogens is 1. The van der Waals surface area contributed by atoms with E-state index in [1.807, 2.05) is 6.92 Å². The van der Waals surface area contributed by atoms with Crippen LogP contribution in [0.4, 0.5) is 0 Å². The highest BCUT2D eigenvalue weighted by Crippen LogP contribution is 2.10. The Morgan fingerprint density at radius 1 is 1.64 bits per heavy atom. The molecule has 0 unspecified atom stereocenters. The topological polar surface area (TPSA) is 52.0 Å². The Morgan fingerprint density at radius 2 is 2.27 bits per heavy atom. The SMILES string of the molecule is CC[C@H](N)c1cnco1.Cl.Cl. The van der Waals surface area contributed by atoms with Crippen molar-refractivity contribution in [2.24, 2.45) is 5.73 Å². The fourth-order valence-electron chi connectivity index (χ4n) is 0.610. The monoisotopic (exact) mass is 198 g/mol. The lowest BCUT2D eigenvalue weighted by Crippen LogP contribution is -2.06. The number of nitrogens with two attached hydrogens (primary N) is 1. The van der Waals surface area contributed by atoms with Crippen molar-refractivity contribution in [3.05, 3.63) is 18.4 Å². The summed E-state index contributed by atoms with van der Waals surface area (Å²) < 4.78 is 4.95. The van der Waals surface area contributed by atoms with E-state index in [1.54, 1.807) is 6.20 Å². The number of hydrogen-bond acceptors (Lipinski definition) is 3. The van der Waals surface area contributed by atoms with Gasteiger partial charge in [0, 0.05) is 0 Å². The van der Waals surface area contributed by atoms with E-state index >= 15 is 0 Å². The third-order valence-electron chi connectivity index (χ3n) is 1.26. The first-order valence-corrected chi connectivity index (χ1v) is 2.98. The standard InChI is InChI=1S/C6H10N2O.2ClH/c1-2-5(7)6-3-8-4-9-6;;/h3-5H,2,7H2,1H3;2*1H/t5-;;/m0../s1. The minimum atomic E-state index is 0. The van der Waals surface area contributed by atoms with Crippen molar-refractivity contribution in [1.82, 2.24) is 4.98 Å². The van der Waals surface area contributed by atoms with Gasteiger partial charge in [0.25, 0.3) is 0 Å². The summed E-state index contributed by atoms with van der Waals surface area (Å²) in [7, 11) is 0. The average Bonchev–Trinajstić information content (AvgIpc) is 2.37. The Hall–Kier alpha value is -0.250. The molecule has 0 spiro atoms. The minimum absolute atomic E-state index is 0. The quantitative estimate of drug-likeness (QED) is 0.791. The minimum Gasteiger partial charge on any atom is -0.447 e. The first-order chi connectivity index (χ1) is 4.34. The van der Waals surface area contributed by atoms with E-state index in [4.69, 9.17) is 10.2 Å². The van der Waals surface area contributed by atoms with Crippen molar-refractivity contribution in [2.75, 3.05) is 0 Å². The molecule has 0 aliphatic rings. The molecule has 66 valence electrons. The third kappa shape index (κ3) is 3.60. The average molecular weight is 199 g/mol. The summed E-state index contributed by atoms with van der Waals surface area (Å²) in [6, 6.07) is 0.00694. The molecule has 0 aliphatic heterocycles. The molecule has 0 saturated carbocycles. The molecule has 1 aromatic rings. The zero-order valence-electron chi connectivity index (χ0n) is 6.19. The molecule has 1 atom stereocenters. The normalized spacial score (nSPS) is 11.1. The highest BCUT2D eigenvalue weighted by atomic mass is 35.5. The van der Waals surface area contributed by atoms with E-state index in [9.17, 15) is 0 Å². The maximum Gasteiger partial charge on any atom is 0.180 e. The second kappa shape index (κ2) is 6.46. The van der Waals surface area contributed by atoms with Crippen LogP contribution < -0.4 is 5.73 Å². The molecule has 1 heterocycles. The Labute approximate surface area is 78.2 Å². The first kappa shape index (κ1) is 13.3. The molecule has 0 saturated heterocycles. The van der Waals surface area contributed by atoms with Crippen LogP contribution >= 0.6 is 24.8 Å². The van der Waals surface area contributed by atoms with Crippen LogP contribution in [-0.4, -0.2) is 4.98 Å². The molecular weight excluding hydrogens is 187 g/mol. The summed E-state index contributed by atoms with van der Waals surface area (Å²) in [5.74, 6) is 0.762. The van der Waals surface area contributed by atoms with Crippen molar-refractivity contribution in [2.45, 2.75) is 19.4 Å². The van der Waals surface area contributed by atoms with Gasteiger partial charge in [-0.25, -0.2) is 4.98 Å². The molecule has 0 aliphatic carbocycles. The highest BCUT2D eigenvalue weighted by Gasteiger charge is 2.04. The number of oxazole rings is 1. The van der Waals surface area contributed by atoms with Gasteiger partial charge in [-0.05, 0) is 6.42 Å². The molecule has 0 radical (unpaired) electrons. The van der Waals surface area contributed by atoms with Gasteiger partial charge >= 0.3 is 0 Å². The molecule has 0 amide bonds. The van der Waals surface area contributed by atoms with Crippen LogP contribution in [0, 0.1) is 0 Å². The molecule has 2 N–H and O–H groups in total. The number of nitrogens with zero attached hydrogens (tertiary/aromatic N) is 1. The number of hydrogen-bond donors (Lipinski definition) is 1. The Bertz CT molecular complexity index is 167. The molecule has 0 fully saturated rings. The lowest BCUT2D eigenvalue weighted by atomic mass is 10.2. The zero-order chi connectivity index (χ0) is 6.69. The molecule has 0 aromatic carbocycles. The van der Waals surface area contributed by atoms with Crippen molar-refractivity contribution in [3.63, 3.8) is 0 Å². The maximum absolute atomic E-state index is 5.60. The van der Waals surface area contributed by atoms with E-state index in [-0.39, 0.29) is 30.9 Å². The summed E-state index contributed by atoms with van der Waals surface area (Å²) in [5, 5.41) is 0. The molecule has 1 aromatic heterocycles.